The van der Waals surface area contributed by atoms with Crippen molar-refractivity contribution in [2.24, 2.45) is 5.92 Å². The Labute approximate surface area is 145 Å². The van der Waals surface area contributed by atoms with Gasteiger partial charge in [-0.25, -0.2) is 9.59 Å². The summed E-state index contributed by atoms with van der Waals surface area (Å²) in [5.41, 5.74) is -0.0508. The van der Waals surface area contributed by atoms with E-state index in [4.69, 9.17) is 14.2 Å². The summed E-state index contributed by atoms with van der Waals surface area (Å²) in [6.07, 6.45) is 1.78. The fourth-order valence-electron chi connectivity index (χ4n) is 3.30. The van der Waals surface area contributed by atoms with Gasteiger partial charge in [-0.1, -0.05) is 13.2 Å². The summed E-state index contributed by atoms with van der Waals surface area (Å²) in [7, 11) is 0. The fourth-order valence-corrected chi connectivity index (χ4v) is 3.30. The van der Waals surface area contributed by atoms with E-state index >= 15 is 0 Å². The Morgan fingerprint density at radius 1 is 1.40 bits per heavy atom. The van der Waals surface area contributed by atoms with Crippen molar-refractivity contribution in [1.82, 2.24) is 0 Å². The van der Waals surface area contributed by atoms with Crippen LogP contribution >= 0.6 is 0 Å². The number of rotatable bonds is 2. The van der Waals surface area contributed by atoms with Crippen molar-refractivity contribution in [3.05, 3.63) is 47.8 Å². The first-order valence-electron chi connectivity index (χ1n) is 8.02. The van der Waals surface area contributed by atoms with Crippen molar-refractivity contribution >= 4 is 17.7 Å². The quantitative estimate of drug-likeness (QED) is 0.564. The number of ether oxygens (including phenoxy) is 3. The lowest BCUT2D eigenvalue weighted by Crippen LogP contribution is -2.42. The van der Waals surface area contributed by atoms with Crippen LogP contribution in [0.25, 0.3) is 0 Å². The molecule has 0 radical (unpaired) electrons. The first-order chi connectivity index (χ1) is 11.6. The van der Waals surface area contributed by atoms with E-state index < -0.39 is 35.7 Å². The molecule has 2 bridgehead atoms. The lowest BCUT2D eigenvalue weighted by molar-refractivity contribution is -0.153. The van der Waals surface area contributed by atoms with Gasteiger partial charge < -0.3 is 14.2 Å². The average Bonchev–Trinajstić information content (AvgIpc) is 2.96. The Morgan fingerprint density at radius 3 is 2.72 bits per heavy atom. The maximum Gasteiger partial charge on any atom is 0.334 e. The largest absolute Gasteiger partial charge is 0.479 e. The molecule has 1 fully saturated rings. The molecule has 0 aromatic carbocycles. The van der Waals surface area contributed by atoms with Crippen LogP contribution in [0, 0.1) is 5.92 Å². The predicted octanol–water partition coefficient (Wildman–Crippen LogP) is 2.16. The van der Waals surface area contributed by atoms with Crippen molar-refractivity contribution < 1.29 is 28.6 Å². The summed E-state index contributed by atoms with van der Waals surface area (Å²) in [6, 6.07) is 0. The molecule has 132 valence electrons. The van der Waals surface area contributed by atoms with Crippen LogP contribution in [-0.2, 0) is 28.6 Å². The molecular formula is C19H20O6. The van der Waals surface area contributed by atoms with Crippen LogP contribution in [0.2, 0.25) is 0 Å². The van der Waals surface area contributed by atoms with Gasteiger partial charge in [-0.2, -0.15) is 0 Å². The number of ketones is 1. The Morgan fingerprint density at radius 2 is 2.08 bits per heavy atom. The molecule has 6 heteroatoms. The van der Waals surface area contributed by atoms with Gasteiger partial charge in [0.25, 0.3) is 0 Å². The molecule has 0 saturated carbocycles. The van der Waals surface area contributed by atoms with Crippen molar-refractivity contribution in [3.8, 4) is 0 Å². The summed E-state index contributed by atoms with van der Waals surface area (Å²) in [5, 5.41) is 0. The molecule has 3 aliphatic heterocycles. The highest BCUT2D eigenvalue weighted by Gasteiger charge is 2.51. The van der Waals surface area contributed by atoms with E-state index in [1.807, 2.05) is 0 Å². The maximum atomic E-state index is 12.4. The van der Waals surface area contributed by atoms with Crippen LogP contribution in [0.5, 0.6) is 0 Å². The summed E-state index contributed by atoms with van der Waals surface area (Å²) < 4.78 is 16.8. The van der Waals surface area contributed by atoms with Gasteiger partial charge in [0.15, 0.2) is 5.60 Å². The average molecular weight is 344 g/mol. The second kappa shape index (κ2) is 5.72. The van der Waals surface area contributed by atoms with Gasteiger partial charge in [0.2, 0.25) is 5.78 Å². The lowest BCUT2D eigenvalue weighted by Gasteiger charge is -2.31. The fraction of sp³-hybridized carbons (Fsp3) is 0.421. The molecule has 0 N–H and O–H groups in total. The number of esters is 2. The van der Waals surface area contributed by atoms with E-state index in [0.717, 1.165) is 0 Å². The number of carbonyl (C=O) groups excluding carboxylic acids is 3. The number of allylic oxidation sites excluding steroid dienone is 1. The molecule has 25 heavy (non-hydrogen) atoms. The number of hydrogen-bond acceptors (Lipinski definition) is 6. The van der Waals surface area contributed by atoms with Gasteiger partial charge in [-0.05, 0) is 32.4 Å². The highest BCUT2D eigenvalue weighted by molar-refractivity contribution is 6.00. The summed E-state index contributed by atoms with van der Waals surface area (Å²) >= 11 is 0. The molecule has 1 saturated heterocycles. The minimum Gasteiger partial charge on any atom is -0.479 e. The molecule has 0 aliphatic carbocycles. The van der Waals surface area contributed by atoms with Gasteiger partial charge in [-0.15, -0.1) is 0 Å². The minimum absolute atomic E-state index is 0.0861. The standard InChI is InChI=1S/C19H20O6/c1-9(2)17(21)24-14-8-19(5)15(20)7-12(25-19)10(3)6-13-16(14)11(4)18(22)23-13/h6-7,13-14,16H,1,4,8H2,2-3,5H3/b10-6-/t13-,14-,16+,19-/m1/s1. The molecule has 3 heterocycles. The third-order valence-electron chi connectivity index (χ3n) is 4.78. The second-order valence-corrected chi connectivity index (χ2v) is 6.90. The SMILES string of the molecule is C=C(C)C(=O)O[C@@H]1C[C@@]2(C)OC(=CC2=O)/C(C)=C\[C@H]2OC(=O)C(=C)[C@@H]21. The number of carbonyl (C=O) groups is 3. The maximum absolute atomic E-state index is 12.4. The zero-order chi connectivity index (χ0) is 18.5. The predicted molar refractivity (Wildman–Crippen MR) is 88.2 cm³/mol. The number of hydrogen-bond donors (Lipinski definition) is 0. The minimum atomic E-state index is -1.18. The first kappa shape index (κ1) is 17.2. The molecular weight excluding hydrogens is 324 g/mol. The van der Waals surface area contributed by atoms with E-state index in [-0.39, 0.29) is 23.4 Å². The molecule has 6 nitrogen and oxygen atoms in total. The zero-order valence-corrected chi connectivity index (χ0v) is 14.5. The lowest BCUT2D eigenvalue weighted by atomic mass is 9.82. The van der Waals surface area contributed by atoms with E-state index in [0.29, 0.717) is 11.3 Å². The van der Waals surface area contributed by atoms with Gasteiger partial charge in [0.05, 0.1) is 5.92 Å². The normalized spacial score (nSPS) is 36.0. The van der Waals surface area contributed by atoms with Crippen molar-refractivity contribution in [3.63, 3.8) is 0 Å². The Balaban J connectivity index is 2.07. The van der Waals surface area contributed by atoms with Crippen molar-refractivity contribution in [1.29, 1.82) is 0 Å². The van der Waals surface area contributed by atoms with Crippen molar-refractivity contribution in [2.45, 2.75) is 45.0 Å². The zero-order valence-electron chi connectivity index (χ0n) is 14.5. The summed E-state index contributed by atoms with van der Waals surface area (Å²) in [4.78, 5) is 36.6. The van der Waals surface area contributed by atoms with Gasteiger partial charge >= 0.3 is 11.9 Å². The van der Waals surface area contributed by atoms with Crippen LogP contribution in [0.3, 0.4) is 0 Å². The Hall–Kier alpha value is -2.63. The highest BCUT2D eigenvalue weighted by Crippen LogP contribution is 2.42. The van der Waals surface area contributed by atoms with E-state index in [2.05, 4.69) is 13.2 Å². The van der Waals surface area contributed by atoms with E-state index in [9.17, 15) is 14.4 Å². The Bertz CT molecular complexity index is 771. The van der Waals surface area contributed by atoms with E-state index in [1.54, 1.807) is 19.9 Å². The molecule has 0 aromatic heterocycles. The highest BCUT2D eigenvalue weighted by atomic mass is 16.6. The molecule has 4 atom stereocenters. The van der Waals surface area contributed by atoms with Gasteiger partial charge in [0, 0.05) is 23.6 Å². The number of fused-ring (bicyclic) bond motifs is 3. The van der Waals surface area contributed by atoms with Crippen molar-refractivity contribution in [2.75, 3.05) is 0 Å². The molecule has 3 rings (SSSR count). The second-order valence-electron chi connectivity index (χ2n) is 6.90. The summed E-state index contributed by atoms with van der Waals surface area (Å²) in [5.74, 6) is -1.49. The van der Waals surface area contributed by atoms with Crippen LogP contribution in [0.4, 0.5) is 0 Å². The van der Waals surface area contributed by atoms with E-state index in [1.165, 1.54) is 13.0 Å². The third-order valence-corrected chi connectivity index (χ3v) is 4.78. The van der Waals surface area contributed by atoms with Crippen LogP contribution in [0.15, 0.2) is 47.8 Å². The van der Waals surface area contributed by atoms with Crippen LogP contribution in [-0.4, -0.2) is 35.5 Å². The smallest absolute Gasteiger partial charge is 0.334 e. The van der Waals surface area contributed by atoms with Gasteiger partial charge in [0.1, 0.15) is 18.0 Å². The molecule has 0 amide bonds. The van der Waals surface area contributed by atoms with Gasteiger partial charge in [-0.3, -0.25) is 4.79 Å². The molecule has 0 spiro atoms. The van der Waals surface area contributed by atoms with Crippen LogP contribution in [0.1, 0.15) is 27.2 Å². The molecule has 0 unspecified atom stereocenters. The summed E-state index contributed by atoms with van der Waals surface area (Å²) in [6.45, 7) is 12.3. The van der Waals surface area contributed by atoms with Crippen LogP contribution < -0.4 is 0 Å². The molecule has 3 aliphatic rings. The topological polar surface area (TPSA) is 78.9 Å². The molecule has 0 aromatic rings. The first-order valence-corrected chi connectivity index (χ1v) is 8.02. The monoisotopic (exact) mass is 344 g/mol. The Kier molecular flexibility index (Phi) is 3.94. The third kappa shape index (κ3) is 2.81.